The summed E-state index contributed by atoms with van der Waals surface area (Å²) >= 11 is 0. The van der Waals surface area contributed by atoms with Crippen LogP contribution in [0.5, 0.6) is 0 Å². The highest BCUT2D eigenvalue weighted by molar-refractivity contribution is 6.12. The van der Waals surface area contributed by atoms with Gasteiger partial charge in [-0.1, -0.05) is 127 Å². The number of nitrogens with zero attached hydrogens (tertiary/aromatic N) is 2. The van der Waals surface area contributed by atoms with Gasteiger partial charge in [0, 0.05) is 27.5 Å². The summed E-state index contributed by atoms with van der Waals surface area (Å²) in [5.41, 5.74) is 11.9. The number of fused-ring (bicyclic) bond motifs is 4. The Morgan fingerprint density at radius 3 is 1.68 bits per heavy atom. The van der Waals surface area contributed by atoms with Crippen LogP contribution in [0.25, 0.3) is 77.7 Å². The third kappa shape index (κ3) is 3.98. The Morgan fingerprint density at radius 2 is 0.951 bits per heavy atom. The fourth-order valence-corrected chi connectivity index (χ4v) is 5.75. The summed E-state index contributed by atoms with van der Waals surface area (Å²) < 4.78 is 6.13. The molecule has 0 fully saturated rings. The number of benzene rings is 6. The van der Waals surface area contributed by atoms with Gasteiger partial charge in [-0.25, -0.2) is 9.97 Å². The lowest BCUT2D eigenvalue weighted by Crippen LogP contribution is -1.97. The molecule has 0 atom stereocenters. The summed E-state index contributed by atoms with van der Waals surface area (Å²) in [6.07, 6.45) is 0. The van der Waals surface area contributed by atoms with Crippen molar-refractivity contribution in [3.63, 3.8) is 0 Å². The summed E-state index contributed by atoms with van der Waals surface area (Å²) in [6, 6.07) is 50.1. The second kappa shape index (κ2) is 9.58. The standard InChI is InChI=1S/C38H24N2O/c1-3-11-27(12-4-1)36-37(28-13-5-2-6-14-28)40-38-30(17-9-18-32(38)39-36)26-23-21-25(22-24-26)29-16-10-20-34-35(29)31-15-7-8-19-33(31)41-34/h1-24H. The van der Waals surface area contributed by atoms with Crippen molar-refractivity contribution in [3.8, 4) is 44.8 Å². The van der Waals surface area contributed by atoms with Crippen LogP contribution in [0.4, 0.5) is 0 Å². The van der Waals surface area contributed by atoms with E-state index in [9.17, 15) is 0 Å². The third-order valence-electron chi connectivity index (χ3n) is 7.70. The molecule has 2 aromatic heterocycles. The Hall–Kier alpha value is -5.54. The maximum absolute atomic E-state index is 6.13. The van der Waals surface area contributed by atoms with Crippen LogP contribution in [0.1, 0.15) is 0 Å². The lowest BCUT2D eigenvalue weighted by molar-refractivity contribution is 0.669. The van der Waals surface area contributed by atoms with E-state index in [0.717, 1.165) is 77.7 Å². The van der Waals surface area contributed by atoms with Gasteiger partial charge < -0.3 is 4.42 Å². The number of para-hydroxylation sites is 2. The van der Waals surface area contributed by atoms with E-state index in [1.165, 1.54) is 0 Å². The number of rotatable bonds is 4. The molecule has 0 saturated heterocycles. The van der Waals surface area contributed by atoms with E-state index in [2.05, 4.69) is 84.9 Å². The summed E-state index contributed by atoms with van der Waals surface area (Å²) in [7, 11) is 0. The van der Waals surface area contributed by atoms with Gasteiger partial charge in [0.1, 0.15) is 11.2 Å². The molecule has 8 rings (SSSR count). The zero-order valence-electron chi connectivity index (χ0n) is 22.2. The van der Waals surface area contributed by atoms with E-state index in [1.807, 2.05) is 60.7 Å². The number of hydrogen-bond acceptors (Lipinski definition) is 3. The first-order chi connectivity index (χ1) is 20.3. The molecule has 8 aromatic rings. The molecule has 0 unspecified atom stereocenters. The van der Waals surface area contributed by atoms with Gasteiger partial charge in [-0.05, 0) is 34.9 Å². The summed E-state index contributed by atoms with van der Waals surface area (Å²) in [5, 5.41) is 2.28. The van der Waals surface area contributed by atoms with Crippen molar-refractivity contribution in [2.45, 2.75) is 0 Å². The molecular formula is C38H24N2O. The minimum absolute atomic E-state index is 0.875. The quantitative estimate of drug-likeness (QED) is 0.230. The topological polar surface area (TPSA) is 38.9 Å². The molecule has 0 saturated carbocycles. The van der Waals surface area contributed by atoms with Crippen LogP contribution in [0.3, 0.4) is 0 Å². The zero-order valence-corrected chi connectivity index (χ0v) is 22.2. The van der Waals surface area contributed by atoms with Crippen molar-refractivity contribution >= 4 is 33.0 Å². The molecule has 0 aliphatic carbocycles. The Morgan fingerprint density at radius 1 is 0.390 bits per heavy atom. The normalized spacial score (nSPS) is 11.4. The van der Waals surface area contributed by atoms with Crippen LogP contribution in [0.2, 0.25) is 0 Å². The molecule has 6 aromatic carbocycles. The summed E-state index contributed by atoms with van der Waals surface area (Å²) in [5.74, 6) is 0. The first-order valence-corrected chi connectivity index (χ1v) is 13.8. The molecule has 3 nitrogen and oxygen atoms in total. The van der Waals surface area contributed by atoms with Crippen LogP contribution in [-0.2, 0) is 0 Å². The van der Waals surface area contributed by atoms with Gasteiger partial charge in [0.05, 0.1) is 22.4 Å². The number of hydrogen-bond donors (Lipinski definition) is 0. The Kier molecular flexibility index (Phi) is 5.46. The fraction of sp³-hybridized carbons (Fsp3) is 0. The van der Waals surface area contributed by atoms with Gasteiger partial charge in [-0.3, -0.25) is 0 Å². The predicted molar refractivity (Wildman–Crippen MR) is 169 cm³/mol. The van der Waals surface area contributed by atoms with Crippen LogP contribution in [-0.4, -0.2) is 9.97 Å². The van der Waals surface area contributed by atoms with Gasteiger partial charge in [-0.2, -0.15) is 0 Å². The van der Waals surface area contributed by atoms with Crippen LogP contribution in [0.15, 0.2) is 150 Å². The Labute approximate surface area is 237 Å². The number of furan rings is 1. The first-order valence-electron chi connectivity index (χ1n) is 13.8. The van der Waals surface area contributed by atoms with Gasteiger partial charge in [-0.15, -0.1) is 0 Å². The van der Waals surface area contributed by atoms with Crippen molar-refractivity contribution in [2.75, 3.05) is 0 Å². The molecule has 0 amide bonds. The highest BCUT2D eigenvalue weighted by Crippen LogP contribution is 2.38. The monoisotopic (exact) mass is 524 g/mol. The molecular weight excluding hydrogens is 500 g/mol. The van der Waals surface area contributed by atoms with Crippen LogP contribution < -0.4 is 0 Å². The largest absolute Gasteiger partial charge is 0.456 e. The van der Waals surface area contributed by atoms with Gasteiger partial charge in [0.15, 0.2) is 0 Å². The van der Waals surface area contributed by atoms with Crippen LogP contribution in [0, 0.1) is 0 Å². The first kappa shape index (κ1) is 23.4. The van der Waals surface area contributed by atoms with Gasteiger partial charge in [0.25, 0.3) is 0 Å². The average Bonchev–Trinajstić information content (AvgIpc) is 3.44. The molecule has 0 bridgehead atoms. The van der Waals surface area contributed by atoms with E-state index in [4.69, 9.17) is 14.4 Å². The minimum Gasteiger partial charge on any atom is -0.456 e. The molecule has 0 aliphatic rings. The Bertz CT molecular complexity index is 2180. The molecule has 41 heavy (non-hydrogen) atoms. The maximum atomic E-state index is 6.13. The average molecular weight is 525 g/mol. The fourth-order valence-electron chi connectivity index (χ4n) is 5.75. The van der Waals surface area contributed by atoms with E-state index < -0.39 is 0 Å². The summed E-state index contributed by atoms with van der Waals surface area (Å²) in [6.45, 7) is 0. The molecule has 0 spiro atoms. The molecule has 3 heteroatoms. The van der Waals surface area contributed by atoms with Crippen LogP contribution >= 0.6 is 0 Å². The smallest absolute Gasteiger partial charge is 0.136 e. The van der Waals surface area contributed by atoms with Crippen molar-refractivity contribution in [1.82, 2.24) is 9.97 Å². The lowest BCUT2D eigenvalue weighted by atomic mass is 9.96. The zero-order chi connectivity index (χ0) is 27.2. The molecule has 2 heterocycles. The van der Waals surface area contributed by atoms with E-state index >= 15 is 0 Å². The highest BCUT2D eigenvalue weighted by atomic mass is 16.3. The third-order valence-corrected chi connectivity index (χ3v) is 7.70. The highest BCUT2D eigenvalue weighted by Gasteiger charge is 2.16. The SMILES string of the molecule is c1ccc(-c2nc3cccc(-c4ccc(-c5cccc6oc7ccccc7c56)cc4)c3nc2-c2ccccc2)cc1. The lowest BCUT2D eigenvalue weighted by Gasteiger charge is -2.13. The second-order valence-corrected chi connectivity index (χ2v) is 10.2. The summed E-state index contributed by atoms with van der Waals surface area (Å²) in [4.78, 5) is 10.4. The van der Waals surface area contributed by atoms with Gasteiger partial charge >= 0.3 is 0 Å². The molecule has 0 radical (unpaired) electrons. The second-order valence-electron chi connectivity index (χ2n) is 10.2. The number of aromatic nitrogens is 2. The van der Waals surface area contributed by atoms with Gasteiger partial charge in [0.2, 0.25) is 0 Å². The Balaban J connectivity index is 1.28. The van der Waals surface area contributed by atoms with Crippen molar-refractivity contribution < 1.29 is 4.42 Å². The van der Waals surface area contributed by atoms with Crippen molar-refractivity contribution in [1.29, 1.82) is 0 Å². The molecule has 192 valence electrons. The predicted octanol–water partition coefficient (Wildman–Crippen LogP) is 10.2. The maximum Gasteiger partial charge on any atom is 0.136 e. The van der Waals surface area contributed by atoms with E-state index in [1.54, 1.807) is 0 Å². The molecule has 0 N–H and O–H groups in total. The van der Waals surface area contributed by atoms with E-state index in [-0.39, 0.29) is 0 Å². The molecule has 0 aliphatic heterocycles. The van der Waals surface area contributed by atoms with Crippen molar-refractivity contribution in [2.24, 2.45) is 0 Å². The van der Waals surface area contributed by atoms with E-state index in [0.29, 0.717) is 0 Å². The minimum atomic E-state index is 0.875. The van der Waals surface area contributed by atoms with Crippen molar-refractivity contribution in [3.05, 3.63) is 146 Å².